The summed E-state index contributed by atoms with van der Waals surface area (Å²) < 4.78 is 12.7. The van der Waals surface area contributed by atoms with Crippen molar-refractivity contribution in [2.24, 2.45) is 5.41 Å². The van der Waals surface area contributed by atoms with E-state index in [1.54, 1.807) is 11.6 Å². The van der Waals surface area contributed by atoms with E-state index < -0.39 is 5.97 Å². The minimum atomic E-state index is -0.423. The van der Waals surface area contributed by atoms with Gasteiger partial charge in [-0.25, -0.2) is 4.79 Å². The van der Waals surface area contributed by atoms with E-state index in [2.05, 4.69) is 41.8 Å². The number of carbonyl (C=O) groups excluding carboxylic acids is 1. The van der Waals surface area contributed by atoms with Crippen molar-refractivity contribution in [2.45, 2.75) is 74.8 Å². The Morgan fingerprint density at radius 2 is 1.81 bits per heavy atom. The average molecular weight is 437 g/mol. The van der Waals surface area contributed by atoms with Crippen LogP contribution in [0.25, 0.3) is 0 Å². The third-order valence-corrected chi connectivity index (χ3v) is 3.66. The summed E-state index contributed by atoms with van der Waals surface area (Å²) >= 11 is 3.37. The number of hydrogen-bond donors (Lipinski definition) is 1. The Hall–Kier alpha value is -1.08. The highest BCUT2D eigenvalue weighted by molar-refractivity contribution is 9.10. The minimum absolute atomic E-state index is 0.0487. The number of carbonyl (C=O) groups is 1. The lowest BCUT2D eigenvalue weighted by Crippen LogP contribution is -2.17. The van der Waals surface area contributed by atoms with E-state index in [9.17, 15) is 4.79 Å². The molecule has 0 aliphatic heterocycles. The number of esters is 1. The Kier molecular flexibility index (Phi) is 15.7. The SMILES string of the molecule is CC.CC.CCOC(=O)c1c(Br)c(OCCCO)nn1CCC(C)(C)C. The maximum absolute atomic E-state index is 12.1. The standard InChI is InChI=1S/C15H25BrN2O4.2C2H6/c1-5-21-14(20)12-11(16)13(22-10-6-9-19)17-18(12)8-7-15(2,3)4;2*1-2/h19H,5-10H2,1-4H3;2*1-2H3. The van der Waals surface area contributed by atoms with E-state index in [1.165, 1.54) is 0 Å². The fraction of sp³-hybridized carbons (Fsp3) is 0.789. The van der Waals surface area contributed by atoms with E-state index in [4.69, 9.17) is 14.6 Å². The van der Waals surface area contributed by atoms with Crippen LogP contribution in [0.3, 0.4) is 0 Å². The third kappa shape index (κ3) is 10.2. The molecule has 0 aromatic carbocycles. The molecule has 0 aliphatic rings. The molecule has 0 unspecified atom stereocenters. The zero-order valence-electron chi connectivity index (χ0n) is 17.7. The van der Waals surface area contributed by atoms with Gasteiger partial charge in [-0.15, -0.1) is 5.10 Å². The van der Waals surface area contributed by atoms with Crippen LogP contribution < -0.4 is 4.74 Å². The van der Waals surface area contributed by atoms with Crippen LogP contribution in [0.2, 0.25) is 0 Å². The van der Waals surface area contributed by atoms with Crippen LogP contribution in [-0.4, -0.2) is 40.7 Å². The molecule has 0 fully saturated rings. The summed E-state index contributed by atoms with van der Waals surface area (Å²) in [4.78, 5) is 12.1. The topological polar surface area (TPSA) is 73.6 Å². The van der Waals surface area contributed by atoms with Crippen LogP contribution in [0.15, 0.2) is 4.47 Å². The quantitative estimate of drug-likeness (QED) is 0.454. The largest absolute Gasteiger partial charge is 0.476 e. The molecule has 1 aromatic rings. The molecule has 0 radical (unpaired) electrons. The van der Waals surface area contributed by atoms with Gasteiger partial charge in [0.15, 0.2) is 5.69 Å². The Balaban J connectivity index is 0. The highest BCUT2D eigenvalue weighted by Gasteiger charge is 2.25. The lowest BCUT2D eigenvalue weighted by molar-refractivity contribution is 0.0509. The smallest absolute Gasteiger partial charge is 0.357 e. The Morgan fingerprint density at radius 3 is 2.27 bits per heavy atom. The van der Waals surface area contributed by atoms with Gasteiger partial charge in [-0.2, -0.15) is 0 Å². The molecular weight excluding hydrogens is 400 g/mol. The lowest BCUT2D eigenvalue weighted by atomic mass is 9.92. The number of nitrogens with zero attached hydrogens (tertiary/aromatic N) is 2. The van der Waals surface area contributed by atoms with Gasteiger partial charge < -0.3 is 14.6 Å². The average Bonchev–Trinajstić information content (AvgIpc) is 2.92. The van der Waals surface area contributed by atoms with Crippen molar-refractivity contribution in [3.63, 3.8) is 0 Å². The number of rotatable bonds is 8. The first-order valence-corrected chi connectivity index (χ1v) is 10.3. The fourth-order valence-electron chi connectivity index (χ4n) is 1.74. The minimum Gasteiger partial charge on any atom is -0.476 e. The molecule has 154 valence electrons. The second kappa shape index (κ2) is 15.0. The summed E-state index contributed by atoms with van der Waals surface area (Å²) in [6.07, 6.45) is 1.37. The third-order valence-electron chi connectivity index (χ3n) is 2.95. The number of halogens is 1. The lowest BCUT2D eigenvalue weighted by Gasteiger charge is -2.18. The van der Waals surface area contributed by atoms with Crippen LogP contribution in [0.5, 0.6) is 5.88 Å². The molecular formula is C19H37BrN2O4. The van der Waals surface area contributed by atoms with Crippen LogP contribution in [0.4, 0.5) is 0 Å². The fourth-order valence-corrected chi connectivity index (χ4v) is 2.30. The van der Waals surface area contributed by atoms with Gasteiger partial charge in [0.1, 0.15) is 4.47 Å². The van der Waals surface area contributed by atoms with E-state index in [1.807, 2.05) is 27.7 Å². The van der Waals surface area contributed by atoms with E-state index in [0.29, 0.717) is 42.2 Å². The molecule has 0 atom stereocenters. The van der Waals surface area contributed by atoms with Crippen molar-refractivity contribution >= 4 is 21.9 Å². The molecule has 1 heterocycles. The van der Waals surface area contributed by atoms with Crippen LogP contribution in [0, 0.1) is 5.41 Å². The molecule has 0 aliphatic carbocycles. The maximum atomic E-state index is 12.1. The second-order valence-corrected chi connectivity index (χ2v) is 6.94. The van der Waals surface area contributed by atoms with Crippen LogP contribution in [0.1, 0.15) is 78.7 Å². The molecule has 1 rings (SSSR count). The zero-order valence-corrected chi connectivity index (χ0v) is 19.3. The summed E-state index contributed by atoms with van der Waals surface area (Å²) in [6.45, 7) is 17.5. The normalized spacial score (nSPS) is 10.2. The summed E-state index contributed by atoms with van der Waals surface area (Å²) in [6, 6.07) is 0. The van der Waals surface area contributed by atoms with E-state index in [-0.39, 0.29) is 12.0 Å². The van der Waals surface area contributed by atoms with Gasteiger partial charge in [0.2, 0.25) is 5.88 Å². The van der Waals surface area contributed by atoms with Gasteiger partial charge >= 0.3 is 5.97 Å². The summed E-state index contributed by atoms with van der Waals surface area (Å²) in [5.41, 5.74) is 0.493. The molecule has 0 saturated carbocycles. The Bertz CT molecular complexity index is 496. The number of aryl methyl sites for hydroxylation is 1. The van der Waals surface area contributed by atoms with Gasteiger partial charge in [0, 0.05) is 19.6 Å². The van der Waals surface area contributed by atoms with Gasteiger partial charge in [-0.05, 0) is 34.7 Å². The van der Waals surface area contributed by atoms with Crippen molar-refractivity contribution in [3.8, 4) is 5.88 Å². The van der Waals surface area contributed by atoms with Crippen molar-refractivity contribution in [1.82, 2.24) is 9.78 Å². The highest BCUT2D eigenvalue weighted by Crippen LogP contribution is 2.30. The van der Waals surface area contributed by atoms with Crippen molar-refractivity contribution in [2.75, 3.05) is 19.8 Å². The molecule has 0 amide bonds. The van der Waals surface area contributed by atoms with E-state index >= 15 is 0 Å². The van der Waals surface area contributed by atoms with Gasteiger partial charge in [0.05, 0.1) is 13.2 Å². The number of aromatic nitrogens is 2. The first kappa shape index (κ1) is 27.1. The molecule has 1 N–H and O–H groups in total. The first-order chi connectivity index (χ1) is 12.3. The summed E-state index contributed by atoms with van der Waals surface area (Å²) in [7, 11) is 0. The molecule has 0 bridgehead atoms. The maximum Gasteiger partial charge on any atom is 0.357 e. The molecule has 26 heavy (non-hydrogen) atoms. The van der Waals surface area contributed by atoms with Crippen molar-refractivity contribution in [1.29, 1.82) is 0 Å². The van der Waals surface area contributed by atoms with Gasteiger partial charge in [-0.1, -0.05) is 48.5 Å². The van der Waals surface area contributed by atoms with E-state index in [0.717, 1.165) is 6.42 Å². The Labute approximate surface area is 167 Å². The molecule has 6 nitrogen and oxygen atoms in total. The molecule has 1 aromatic heterocycles. The highest BCUT2D eigenvalue weighted by atomic mass is 79.9. The number of ether oxygens (including phenoxy) is 2. The predicted molar refractivity (Wildman–Crippen MR) is 110 cm³/mol. The molecule has 0 spiro atoms. The number of aliphatic hydroxyl groups is 1. The molecule has 7 heteroatoms. The van der Waals surface area contributed by atoms with Crippen molar-refractivity contribution < 1.29 is 19.4 Å². The molecule has 0 saturated heterocycles. The summed E-state index contributed by atoms with van der Waals surface area (Å²) in [5, 5.41) is 13.2. The summed E-state index contributed by atoms with van der Waals surface area (Å²) in [5.74, 6) is -0.0711. The van der Waals surface area contributed by atoms with Gasteiger partial charge in [0.25, 0.3) is 0 Å². The monoisotopic (exact) mass is 436 g/mol. The van der Waals surface area contributed by atoms with Crippen LogP contribution in [-0.2, 0) is 11.3 Å². The van der Waals surface area contributed by atoms with Gasteiger partial charge in [-0.3, -0.25) is 4.68 Å². The van der Waals surface area contributed by atoms with Crippen molar-refractivity contribution in [3.05, 3.63) is 10.2 Å². The Morgan fingerprint density at radius 1 is 1.23 bits per heavy atom. The first-order valence-electron chi connectivity index (χ1n) is 9.47. The van der Waals surface area contributed by atoms with Crippen LogP contribution >= 0.6 is 15.9 Å². The second-order valence-electron chi connectivity index (χ2n) is 6.15. The number of hydrogen-bond acceptors (Lipinski definition) is 5. The zero-order chi connectivity index (χ0) is 20.8. The number of aliphatic hydroxyl groups excluding tert-OH is 1. The predicted octanol–water partition coefficient (Wildman–Crippen LogP) is 5.07.